The first kappa shape index (κ1) is 19.3. The maximum absolute atomic E-state index is 12.5. The van der Waals surface area contributed by atoms with Crippen molar-refractivity contribution >= 4 is 17.5 Å². The van der Waals surface area contributed by atoms with E-state index in [1.54, 1.807) is 11.8 Å². The van der Waals surface area contributed by atoms with Gasteiger partial charge in [-0.15, -0.1) is 0 Å². The third-order valence-corrected chi connectivity index (χ3v) is 4.74. The second-order valence-corrected chi connectivity index (χ2v) is 7.80. The number of hydrogen-bond acceptors (Lipinski definition) is 3. The van der Waals surface area contributed by atoms with Gasteiger partial charge >= 0.3 is 0 Å². The summed E-state index contributed by atoms with van der Waals surface area (Å²) in [5.41, 5.74) is 2.22. The van der Waals surface area contributed by atoms with Gasteiger partial charge in [-0.1, -0.05) is 12.1 Å². The fourth-order valence-corrected chi connectivity index (χ4v) is 3.37. The van der Waals surface area contributed by atoms with E-state index in [2.05, 4.69) is 36.1 Å². The Morgan fingerprint density at radius 2 is 1.76 bits per heavy atom. The van der Waals surface area contributed by atoms with Crippen LogP contribution in [0.15, 0.2) is 24.3 Å². The minimum absolute atomic E-state index is 0.0181. The molecule has 2 amide bonds. The van der Waals surface area contributed by atoms with E-state index in [0.29, 0.717) is 13.0 Å². The normalized spacial score (nSPS) is 15.2. The van der Waals surface area contributed by atoms with Crippen LogP contribution < -0.4 is 4.90 Å². The zero-order valence-electron chi connectivity index (χ0n) is 16.2. The van der Waals surface area contributed by atoms with Gasteiger partial charge in [0.25, 0.3) is 0 Å². The number of anilines is 1. The number of aryl methyl sites for hydroxylation is 1. The van der Waals surface area contributed by atoms with Crippen LogP contribution in [-0.4, -0.2) is 59.9 Å². The molecule has 1 aliphatic rings. The lowest BCUT2D eigenvalue weighted by atomic mass is 10.1. The van der Waals surface area contributed by atoms with Crippen molar-refractivity contribution in [2.45, 2.75) is 46.6 Å². The maximum atomic E-state index is 12.5. The molecular weight excluding hydrogens is 314 g/mol. The molecular formula is C20H31N3O2. The van der Waals surface area contributed by atoms with Gasteiger partial charge in [0.15, 0.2) is 0 Å². The molecule has 0 aliphatic carbocycles. The van der Waals surface area contributed by atoms with Crippen LogP contribution in [-0.2, 0) is 9.59 Å². The summed E-state index contributed by atoms with van der Waals surface area (Å²) >= 11 is 0. The Labute approximate surface area is 151 Å². The van der Waals surface area contributed by atoms with Crippen molar-refractivity contribution < 1.29 is 9.59 Å². The third-order valence-electron chi connectivity index (χ3n) is 4.74. The fourth-order valence-electron chi connectivity index (χ4n) is 3.37. The zero-order chi connectivity index (χ0) is 18.6. The monoisotopic (exact) mass is 345 g/mol. The molecule has 5 nitrogen and oxygen atoms in total. The van der Waals surface area contributed by atoms with E-state index in [0.717, 1.165) is 26.2 Å². The van der Waals surface area contributed by atoms with Gasteiger partial charge in [-0.2, -0.15) is 0 Å². The summed E-state index contributed by atoms with van der Waals surface area (Å²) in [6, 6.07) is 8.48. The van der Waals surface area contributed by atoms with E-state index < -0.39 is 0 Å². The van der Waals surface area contributed by atoms with E-state index in [9.17, 15) is 9.59 Å². The van der Waals surface area contributed by atoms with E-state index in [-0.39, 0.29) is 17.4 Å². The van der Waals surface area contributed by atoms with Crippen molar-refractivity contribution in [3.63, 3.8) is 0 Å². The second-order valence-electron chi connectivity index (χ2n) is 7.80. The third kappa shape index (κ3) is 5.21. The van der Waals surface area contributed by atoms with Crippen molar-refractivity contribution in [3.05, 3.63) is 29.8 Å². The molecule has 1 aromatic rings. The van der Waals surface area contributed by atoms with Crippen molar-refractivity contribution in [2.75, 3.05) is 37.6 Å². The Kier molecular flexibility index (Phi) is 6.09. The highest BCUT2D eigenvalue weighted by atomic mass is 16.2. The molecule has 0 atom stereocenters. The fraction of sp³-hybridized carbons (Fsp3) is 0.600. The Balaban J connectivity index is 1.86. The standard InChI is InChI=1S/C20H31N3O2/c1-16-7-6-8-18(15-16)21-11-13-22(14-12-21)19(25)9-10-23(17(2)24)20(3,4)5/h6-8,15H,9-14H2,1-5H3. The molecule has 1 aliphatic heterocycles. The molecule has 0 saturated carbocycles. The topological polar surface area (TPSA) is 43.9 Å². The highest BCUT2D eigenvalue weighted by Crippen LogP contribution is 2.19. The summed E-state index contributed by atoms with van der Waals surface area (Å²) in [7, 11) is 0. The summed E-state index contributed by atoms with van der Waals surface area (Å²) in [4.78, 5) is 30.3. The van der Waals surface area contributed by atoms with Gasteiger partial charge in [-0.05, 0) is 45.4 Å². The Morgan fingerprint density at radius 3 is 2.28 bits per heavy atom. The quantitative estimate of drug-likeness (QED) is 0.843. The van der Waals surface area contributed by atoms with Crippen molar-refractivity contribution in [1.29, 1.82) is 0 Å². The molecule has 1 heterocycles. The van der Waals surface area contributed by atoms with Crippen LogP contribution in [0.25, 0.3) is 0 Å². The molecule has 2 rings (SSSR count). The Morgan fingerprint density at radius 1 is 1.12 bits per heavy atom. The lowest BCUT2D eigenvalue weighted by Gasteiger charge is -2.38. The second kappa shape index (κ2) is 7.89. The first-order chi connectivity index (χ1) is 11.7. The molecule has 1 aromatic carbocycles. The first-order valence-corrected chi connectivity index (χ1v) is 9.06. The van der Waals surface area contributed by atoms with Gasteiger partial charge in [0.05, 0.1) is 0 Å². The zero-order valence-corrected chi connectivity index (χ0v) is 16.2. The summed E-state index contributed by atoms with van der Waals surface area (Å²) in [5, 5.41) is 0. The largest absolute Gasteiger partial charge is 0.368 e. The van der Waals surface area contributed by atoms with Crippen LogP contribution in [0.1, 0.15) is 39.7 Å². The van der Waals surface area contributed by atoms with Gasteiger partial charge in [-0.25, -0.2) is 0 Å². The van der Waals surface area contributed by atoms with Crippen LogP contribution in [0.5, 0.6) is 0 Å². The molecule has 5 heteroatoms. The lowest BCUT2D eigenvalue weighted by Crippen LogP contribution is -2.50. The number of carbonyl (C=O) groups is 2. The van der Waals surface area contributed by atoms with E-state index in [4.69, 9.17) is 0 Å². The van der Waals surface area contributed by atoms with Crippen molar-refractivity contribution in [1.82, 2.24) is 9.80 Å². The van der Waals surface area contributed by atoms with Crippen LogP contribution in [0, 0.1) is 6.92 Å². The molecule has 25 heavy (non-hydrogen) atoms. The predicted octanol–water partition coefficient (Wildman–Crippen LogP) is 2.68. The minimum atomic E-state index is -0.254. The number of amides is 2. The number of carbonyl (C=O) groups excluding carboxylic acids is 2. The molecule has 138 valence electrons. The minimum Gasteiger partial charge on any atom is -0.368 e. The molecule has 0 radical (unpaired) electrons. The molecule has 1 saturated heterocycles. The molecule has 0 aromatic heterocycles. The van der Waals surface area contributed by atoms with Gasteiger partial charge in [0.2, 0.25) is 11.8 Å². The van der Waals surface area contributed by atoms with Gasteiger partial charge in [0.1, 0.15) is 0 Å². The van der Waals surface area contributed by atoms with E-state index in [1.165, 1.54) is 11.3 Å². The SMILES string of the molecule is CC(=O)N(CCC(=O)N1CCN(c2cccc(C)c2)CC1)C(C)(C)C. The van der Waals surface area contributed by atoms with Crippen LogP contribution >= 0.6 is 0 Å². The number of rotatable bonds is 4. The van der Waals surface area contributed by atoms with Crippen molar-refractivity contribution in [2.24, 2.45) is 0 Å². The molecule has 0 N–H and O–H groups in total. The predicted molar refractivity (Wildman–Crippen MR) is 102 cm³/mol. The molecule has 0 unspecified atom stereocenters. The highest BCUT2D eigenvalue weighted by molar-refractivity contribution is 5.78. The number of nitrogens with zero attached hydrogens (tertiary/aromatic N) is 3. The van der Waals surface area contributed by atoms with E-state index >= 15 is 0 Å². The van der Waals surface area contributed by atoms with Crippen molar-refractivity contribution in [3.8, 4) is 0 Å². The maximum Gasteiger partial charge on any atom is 0.224 e. The number of hydrogen-bond donors (Lipinski definition) is 0. The lowest BCUT2D eigenvalue weighted by molar-refractivity contribution is -0.136. The highest BCUT2D eigenvalue weighted by Gasteiger charge is 2.26. The van der Waals surface area contributed by atoms with E-state index in [1.807, 2.05) is 25.7 Å². The Hall–Kier alpha value is -2.04. The summed E-state index contributed by atoms with van der Waals surface area (Å²) in [5.74, 6) is 0.156. The average molecular weight is 345 g/mol. The van der Waals surface area contributed by atoms with Gasteiger partial charge in [0, 0.05) is 57.3 Å². The summed E-state index contributed by atoms with van der Waals surface area (Å²) < 4.78 is 0. The van der Waals surface area contributed by atoms with Crippen LogP contribution in [0.3, 0.4) is 0 Å². The molecule has 0 spiro atoms. The number of benzene rings is 1. The first-order valence-electron chi connectivity index (χ1n) is 9.06. The smallest absolute Gasteiger partial charge is 0.224 e. The van der Waals surface area contributed by atoms with Crippen LogP contribution in [0.2, 0.25) is 0 Å². The molecule has 0 bridgehead atoms. The summed E-state index contributed by atoms with van der Waals surface area (Å²) in [6.07, 6.45) is 0.390. The Bertz CT molecular complexity index is 614. The van der Waals surface area contributed by atoms with Crippen LogP contribution in [0.4, 0.5) is 5.69 Å². The summed E-state index contributed by atoms with van der Waals surface area (Å²) in [6.45, 7) is 13.3. The molecule has 1 fully saturated rings. The van der Waals surface area contributed by atoms with Gasteiger partial charge < -0.3 is 14.7 Å². The van der Waals surface area contributed by atoms with Gasteiger partial charge in [-0.3, -0.25) is 9.59 Å². The number of piperazine rings is 1. The average Bonchev–Trinajstić information content (AvgIpc) is 2.53.